The van der Waals surface area contributed by atoms with Crippen molar-refractivity contribution in [1.82, 2.24) is 5.32 Å². The molecule has 0 saturated heterocycles. The van der Waals surface area contributed by atoms with E-state index in [0.29, 0.717) is 12.8 Å². The van der Waals surface area contributed by atoms with Crippen molar-refractivity contribution in [2.75, 3.05) is 6.61 Å². The Bertz CT molecular complexity index is 522. The first kappa shape index (κ1) is 38.1. The number of carbonyl (C=O) groups excluding carboxylic acids is 1. The van der Waals surface area contributed by atoms with Crippen molar-refractivity contribution in [2.45, 2.75) is 199 Å². The lowest BCUT2D eigenvalue weighted by Crippen LogP contribution is -2.45. The van der Waals surface area contributed by atoms with Crippen LogP contribution in [-0.4, -0.2) is 34.9 Å². The predicted molar refractivity (Wildman–Crippen MR) is 170 cm³/mol. The summed E-state index contributed by atoms with van der Waals surface area (Å²) >= 11 is 0. The third-order valence-electron chi connectivity index (χ3n) is 8.03. The fraction of sp³-hybridized carbons (Fsp3) is 0.914. The molecule has 0 aliphatic rings. The van der Waals surface area contributed by atoms with Crippen molar-refractivity contribution in [2.24, 2.45) is 0 Å². The molecule has 4 heteroatoms. The van der Waals surface area contributed by atoms with E-state index in [1.54, 1.807) is 0 Å². The van der Waals surface area contributed by atoms with Crippen LogP contribution in [0.15, 0.2) is 12.2 Å². The number of amides is 1. The summed E-state index contributed by atoms with van der Waals surface area (Å²) in [5, 5.41) is 22.8. The molecule has 1 amide bonds. The smallest absolute Gasteiger partial charge is 0.220 e. The molecule has 4 nitrogen and oxygen atoms in total. The summed E-state index contributed by atoms with van der Waals surface area (Å²) in [4.78, 5) is 12.2. The highest BCUT2D eigenvalue weighted by atomic mass is 16.3. The Morgan fingerprint density at radius 3 is 1.41 bits per heavy atom. The number of rotatable bonds is 31. The molecule has 3 N–H and O–H groups in total. The number of aliphatic hydroxyl groups excluding tert-OH is 2. The Morgan fingerprint density at radius 1 is 0.590 bits per heavy atom. The van der Waals surface area contributed by atoms with Gasteiger partial charge in [-0.15, -0.1) is 0 Å². The van der Waals surface area contributed by atoms with Gasteiger partial charge in [0.2, 0.25) is 5.91 Å². The maximum atomic E-state index is 12.2. The predicted octanol–water partition coefficient (Wildman–Crippen LogP) is 9.95. The standard InChI is InChI=1S/C35H69NO3/c1-3-5-7-9-11-12-13-14-15-16-17-18-19-20-21-22-23-24-25-27-29-31-35(39)36-33(32-37)34(38)30-28-26-10-8-6-4-2/h16-17,33-34,37-38H,3-15,18-32H2,1-2H3,(H,36,39)/b17-16-. The molecule has 0 bridgehead atoms. The molecule has 0 aliphatic carbocycles. The Hall–Kier alpha value is -0.870. The van der Waals surface area contributed by atoms with Gasteiger partial charge in [-0.2, -0.15) is 0 Å². The van der Waals surface area contributed by atoms with Crippen molar-refractivity contribution < 1.29 is 15.0 Å². The van der Waals surface area contributed by atoms with Gasteiger partial charge in [-0.3, -0.25) is 4.79 Å². The van der Waals surface area contributed by atoms with Crippen LogP contribution in [0.1, 0.15) is 187 Å². The maximum absolute atomic E-state index is 12.2. The molecular weight excluding hydrogens is 482 g/mol. The minimum atomic E-state index is -0.652. The molecule has 0 saturated carbocycles. The van der Waals surface area contributed by atoms with Gasteiger partial charge in [-0.05, 0) is 38.5 Å². The van der Waals surface area contributed by atoms with E-state index in [2.05, 4.69) is 31.3 Å². The highest BCUT2D eigenvalue weighted by Gasteiger charge is 2.19. The molecule has 0 aliphatic heterocycles. The minimum absolute atomic E-state index is 0.0390. The Morgan fingerprint density at radius 2 is 0.974 bits per heavy atom. The maximum Gasteiger partial charge on any atom is 0.220 e. The Labute approximate surface area is 244 Å². The number of aliphatic hydroxyl groups is 2. The molecule has 0 fully saturated rings. The summed E-state index contributed by atoms with van der Waals surface area (Å²) < 4.78 is 0. The first-order chi connectivity index (χ1) is 19.2. The largest absolute Gasteiger partial charge is 0.394 e. The summed E-state index contributed by atoms with van der Waals surface area (Å²) in [6.07, 6.45) is 37.1. The van der Waals surface area contributed by atoms with Crippen LogP contribution in [0.3, 0.4) is 0 Å². The van der Waals surface area contributed by atoms with Crippen molar-refractivity contribution in [3.05, 3.63) is 12.2 Å². The van der Waals surface area contributed by atoms with Gasteiger partial charge >= 0.3 is 0 Å². The fourth-order valence-electron chi connectivity index (χ4n) is 5.29. The van der Waals surface area contributed by atoms with Crippen molar-refractivity contribution >= 4 is 5.91 Å². The molecular formula is C35H69NO3. The topological polar surface area (TPSA) is 69.6 Å². The molecule has 0 heterocycles. The molecule has 0 rings (SSSR count). The van der Waals surface area contributed by atoms with Crippen molar-refractivity contribution in [3.63, 3.8) is 0 Å². The van der Waals surface area contributed by atoms with Crippen LogP contribution in [0.5, 0.6) is 0 Å². The molecule has 232 valence electrons. The van der Waals surface area contributed by atoms with Crippen molar-refractivity contribution in [1.29, 1.82) is 0 Å². The van der Waals surface area contributed by atoms with Crippen LogP contribution in [0.4, 0.5) is 0 Å². The second kappa shape index (κ2) is 31.7. The zero-order valence-corrected chi connectivity index (χ0v) is 26.4. The van der Waals surface area contributed by atoms with E-state index in [9.17, 15) is 15.0 Å². The van der Waals surface area contributed by atoms with Gasteiger partial charge in [0.05, 0.1) is 18.8 Å². The lowest BCUT2D eigenvalue weighted by molar-refractivity contribution is -0.123. The third-order valence-corrected chi connectivity index (χ3v) is 8.03. The lowest BCUT2D eigenvalue weighted by Gasteiger charge is -2.22. The van der Waals surface area contributed by atoms with Gasteiger partial charge < -0.3 is 15.5 Å². The minimum Gasteiger partial charge on any atom is -0.394 e. The van der Waals surface area contributed by atoms with E-state index in [-0.39, 0.29) is 12.5 Å². The summed E-state index contributed by atoms with van der Waals surface area (Å²) in [5.74, 6) is -0.0390. The first-order valence-corrected chi connectivity index (χ1v) is 17.4. The normalized spacial score (nSPS) is 13.2. The van der Waals surface area contributed by atoms with Gasteiger partial charge in [0.25, 0.3) is 0 Å². The molecule has 39 heavy (non-hydrogen) atoms. The average Bonchev–Trinajstić information content (AvgIpc) is 2.94. The number of allylic oxidation sites excluding steroid dienone is 2. The molecule has 2 atom stereocenters. The van der Waals surface area contributed by atoms with Crippen LogP contribution in [0, 0.1) is 0 Å². The molecule has 0 aromatic rings. The van der Waals surface area contributed by atoms with Crippen LogP contribution in [0.2, 0.25) is 0 Å². The van der Waals surface area contributed by atoms with Gasteiger partial charge in [-0.25, -0.2) is 0 Å². The van der Waals surface area contributed by atoms with Crippen molar-refractivity contribution in [3.8, 4) is 0 Å². The summed E-state index contributed by atoms with van der Waals surface area (Å²) in [6, 6.07) is -0.529. The summed E-state index contributed by atoms with van der Waals surface area (Å²) in [5.41, 5.74) is 0. The second-order valence-corrected chi connectivity index (χ2v) is 11.9. The molecule has 2 unspecified atom stereocenters. The van der Waals surface area contributed by atoms with E-state index in [1.807, 2.05) is 0 Å². The van der Waals surface area contributed by atoms with E-state index in [1.165, 1.54) is 135 Å². The van der Waals surface area contributed by atoms with Crippen LogP contribution in [-0.2, 0) is 4.79 Å². The van der Waals surface area contributed by atoms with E-state index in [0.717, 1.165) is 25.7 Å². The number of nitrogens with one attached hydrogen (secondary N) is 1. The van der Waals surface area contributed by atoms with Crippen LogP contribution < -0.4 is 5.32 Å². The summed E-state index contributed by atoms with van der Waals surface area (Å²) in [6.45, 7) is 4.29. The number of unbranched alkanes of at least 4 members (excludes halogenated alkanes) is 22. The van der Waals surface area contributed by atoms with E-state index < -0.39 is 12.1 Å². The number of carbonyl (C=O) groups is 1. The van der Waals surface area contributed by atoms with Gasteiger partial charge in [0.1, 0.15) is 0 Å². The van der Waals surface area contributed by atoms with Gasteiger partial charge in [0, 0.05) is 6.42 Å². The lowest BCUT2D eigenvalue weighted by atomic mass is 10.0. The Balaban J connectivity index is 3.46. The molecule has 0 aromatic carbocycles. The third kappa shape index (κ3) is 28.5. The second-order valence-electron chi connectivity index (χ2n) is 11.9. The fourth-order valence-corrected chi connectivity index (χ4v) is 5.29. The molecule has 0 spiro atoms. The quantitative estimate of drug-likeness (QED) is 0.0593. The van der Waals surface area contributed by atoms with E-state index in [4.69, 9.17) is 0 Å². The monoisotopic (exact) mass is 552 g/mol. The number of hydrogen-bond donors (Lipinski definition) is 3. The zero-order chi connectivity index (χ0) is 28.7. The molecule has 0 radical (unpaired) electrons. The number of hydrogen-bond acceptors (Lipinski definition) is 3. The highest BCUT2D eigenvalue weighted by Crippen LogP contribution is 2.14. The van der Waals surface area contributed by atoms with E-state index >= 15 is 0 Å². The SMILES string of the molecule is CCCCCCCCCC/C=C\CCCCCCCCCCCC(=O)NC(CO)C(O)CCCCCCCC. The zero-order valence-electron chi connectivity index (χ0n) is 26.4. The molecule has 0 aromatic heterocycles. The van der Waals surface area contributed by atoms with Crippen LogP contribution >= 0.6 is 0 Å². The van der Waals surface area contributed by atoms with Crippen LogP contribution in [0.25, 0.3) is 0 Å². The Kier molecular flexibility index (Phi) is 30.9. The first-order valence-electron chi connectivity index (χ1n) is 17.4. The average molecular weight is 552 g/mol. The van der Waals surface area contributed by atoms with Gasteiger partial charge in [-0.1, -0.05) is 154 Å². The summed E-state index contributed by atoms with van der Waals surface area (Å²) in [7, 11) is 0. The highest BCUT2D eigenvalue weighted by molar-refractivity contribution is 5.76. The van der Waals surface area contributed by atoms with Gasteiger partial charge in [0.15, 0.2) is 0 Å².